The van der Waals surface area contributed by atoms with E-state index in [1.54, 1.807) is 0 Å². The fraction of sp³-hybridized carbons (Fsp3) is 0.364. The molecule has 8 heteroatoms. The Morgan fingerprint density at radius 1 is 1.00 bits per heavy atom. The van der Waals surface area contributed by atoms with E-state index in [4.69, 9.17) is 5.11 Å². The van der Waals surface area contributed by atoms with Gasteiger partial charge in [-0.25, -0.2) is 22.0 Å². The van der Waals surface area contributed by atoms with E-state index in [1.165, 1.54) is 0 Å². The van der Waals surface area contributed by atoms with Gasteiger partial charge in [-0.1, -0.05) is 0 Å². The molecule has 1 aromatic carbocycles. The molecule has 2 rings (SSSR count). The highest BCUT2D eigenvalue weighted by Gasteiger charge is 2.44. The van der Waals surface area contributed by atoms with Crippen LogP contribution >= 0.6 is 0 Å². The molecule has 1 saturated carbocycles. The van der Waals surface area contributed by atoms with E-state index in [-0.39, 0.29) is 0 Å². The van der Waals surface area contributed by atoms with Crippen LogP contribution in [0.25, 0.3) is 0 Å². The van der Waals surface area contributed by atoms with Crippen molar-refractivity contribution in [3.05, 3.63) is 34.6 Å². The number of rotatable bonds is 3. The summed E-state index contributed by atoms with van der Waals surface area (Å²) >= 11 is 0. The number of halogens is 5. The first-order valence-corrected chi connectivity index (χ1v) is 5.28. The van der Waals surface area contributed by atoms with Gasteiger partial charge in [-0.05, 0) is 12.8 Å². The Hall–Kier alpha value is -1.70. The third-order valence-corrected chi connectivity index (χ3v) is 2.97. The van der Waals surface area contributed by atoms with E-state index in [0.29, 0.717) is 12.8 Å². The van der Waals surface area contributed by atoms with Gasteiger partial charge in [0.25, 0.3) is 5.91 Å². The second-order valence-corrected chi connectivity index (χ2v) is 4.34. The lowest BCUT2D eigenvalue weighted by Crippen LogP contribution is -2.40. The maximum absolute atomic E-state index is 13.3. The molecule has 1 aliphatic rings. The Morgan fingerprint density at radius 3 is 1.79 bits per heavy atom. The summed E-state index contributed by atoms with van der Waals surface area (Å²) in [5, 5.41) is 11.0. The van der Waals surface area contributed by atoms with Crippen molar-refractivity contribution < 1.29 is 31.9 Å². The highest BCUT2D eigenvalue weighted by atomic mass is 19.2. The number of benzene rings is 1. The highest BCUT2D eigenvalue weighted by Crippen LogP contribution is 2.35. The third kappa shape index (κ3) is 2.16. The first kappa shape index (κ1) is 13.7. The smallest absolute Gasteiger partial charge is 0.257 e. The van der Waals surface area contributed by atoms with Gasteiger partial charge in [-0.3, -0.25) is 4.79 Å². The number of aliphatic hydroxyl groups excluding tert-OH is 1. The SMILES string of the molecule is O=C(NC1(CO)CC1)c1c(F)c(F)c(F)c(F)c1F. The van der Waals surface area contributed by atoms with Gasteiger partial charge < -0.3 is 10.4 Å². The molecule has 1 aliphatic carbocycles. The summed E-state index contributed by atoms with van der Waals surface area (Å²) in [4.78, 5) is 11.6. The molecule has 1 fully saturated rings. The molecule has 0 aliphatic heterocycles. The van der Waals surface area contributed by atoms with Crippen LogP contribution in [0.5, 0.6) is 0 Å². The minimum absolute atomic E-state index is 0.366. The molecule has 1 aromatic rings. The Labute approximate surface area is 104 Å². The minimum atomic E-state index is -2.32. The molecule has 0 bridgehead atoms. The lowest BCUT2D eigenvalue weighted by atomic mass is 10.1. The Bertz CT molecular complexity index is 528. The predicted octanol–water partition coefficient (Wildman–Crippen LogP) is 1.64. The zero-order valence-electron chi connectivity index (χ0n) is 9.37. The number of amides is 1. The van der Waals surface area contributed by atoms with Crippen molar-refractivity contribution in [2.75, 3.05) is 6.61 Å². The molecule has 2 N–H and O–H groups in total. The minimum Gasteiger partial charge on any atom is -0.394 e. The first-order valence-electron chi connectivity index (χ1n) is 5.28. The average molecular weight is 281 g/mol. The molecule has 0 aromatic heterocycles. The Kier molecular flexibility index (Phi) is 3.21. The van der Waals surface area contributed by atoms with Crippen LogP contribution < -0.4 is 5.32 Å². The Morgan fingerprint density at radius 2 is 1.42 bits per heavy atom. The number of nitrogens with one attached hydrogen (secondary N) is 1. The molecule has 0 spiro atoms. The van der Waals surface area contributed by atoms with E-state index < -0.39 is 52.7 Å². The standard InChI is InChI=1S/C11H8F5NO2/c12-5-4(6(13)8(15)9(16)7(5)14)10(19)17-11(3-18)1-2-11/h18H,1-3H2,(H,17,19). The van der Waals surface area contributed by atoms with Gasteiger partial charge in [-0.2, -0.15) is 0 Å². The van der Waals surface area contributed by atoms with E-state index in [9.17, 15) is 26.7 Å². The van der Waals surface area contributed by atoms with Gasteiger partial charge >= 0.3 is 0 Å². The third-order valence-electron chi connectivity index (χ3n) is 2.97. The van der Waals surface area contributed by atoms with Crippen molar-refractivity contribution in [2.24, 2.45) is 0 Å². The van der Waals surface area contributed by atoms with Gasteiger partial charge in [0.1, 0.15) is 5.56 Å². The monoisotopic (exact) mass is 281 g/mol. The molecular formula is C11H8F5NO2. The van der Waals surface area contributed by atoms with E-state index in [2.05, 4.69) is 5.32 Å². The van der Waals surface area contributed by atoms with Crippen molar-refractivity contribution >= 4 is 5.91 Å². The second kappa shape index (κ2) is 4.44. The largest absolute Gasteiger partial charge is 0.394 e. The topological polar surface area (TPSA) is 49.3 Å². The summed E-state index contributed by atoms with van der Waals surface area (Å²) in [6, 6.07) is 0. The first-order chi connectivity index (χ1) is 8.83. The number of hydrogen-bond donors (Lipinski definition) is 2. The van der Waals surface area contributed by atoms with E-state index in [0.717, 1.165) is 0 Å². The molecule has 3 nitrogen and oxygen atoms in total. The number of carbonyl (C=O) groups excluding carboxylic acids is 1. The molecule has 1 amide bonds. The van der Waals surface area contributed by atoms with Crippen LogP contribution in [0.1, 0.15) is 23.2 Å². The van der Waals surface area contributed by atoms with Gasteiger partial charge in [0.05, 0.1) is 12.1 Å². The summed E-state index contributed by atoms with van der Waals surface area (Å²) in [5.41, 5.74) is -2.58. The summed E-state index contributed by atoms with van der Waals surface area (Å²) < 4.78 is 65.2. The van der Waals surface area contributed by atoms with Gasteiger partial charge in [-0.15, -0.1) is 0 Å². The van der Waals surface area contributed by atoms with Crippen LogP contribution in [0.4, 0.5) is 22.0 Å². The average Bonchev–Trinajstić information content (AvgIpc) is 3.14. The zero-order chi connectivity index (χ0) is 14.4. The van der Waals surface area contributed by atoms with E-state index >= 15 is 0 Å². The molecule has 104 valence electrons. The quantitative estimate of drug-likeness (QED) is 0.502. The summed E-state index contributed by atoms with van der Waals surface area (Å²) in [6.07, 6.45) is 0.731. The predicted molar refractivity (Wildman–Crippen MR) is 52.7 cm³/mol. The molecule has 0 atom stereocenters. The normalized spacial score (nSPS) is 16.3. The lowest BCUT2D eigenvalue weighted by molar-refractivity contribution is 0.0895. The fourth-order valence-corrected chi connectivity index (χ4v) is 1.58. The molecule has 0 unspecified atom stereocenters. The van der Waals surface area contributed by atoms with Crippen molar-refractivity contribution in [2.45, 2.75) is 18.4 Å². The van der Waals surface area contributed by atoms with Gasteiger partial charge in [0.15, 0.2) is 23.3 Å². The van der Waals surface area contributed by atoms with Crippen LogP contribution in [0.2, 0.25) is 0 Å². The number of carbonyl (C=O) groups is 1. The second-order valence-electron chi connectivity index (χ2n) is 4.34. The Balaban J connectivity index is 2.42. The summed E-state index contributed by atoms with van der Waals surface area (Å²) in [7, 11) is 0. The lowest BCUT2D eigenvalue weighted by Gasteiger charge is -2.15. The van der Waals surface area contributed by atoms with Crippen LogP contribution in [-0.2, 0) is 0 Å². The molecule has 0 saturated heterocycles. The maximum atomic E-state index is 13.3. The number of hydrogen-bond acceptors (Lipinski definition) is 2. The summed E-state index contributed by atoms with van der Waals surface area (Å²) in [5.74, 6) is -12.5. The molecule has 0 radical (unpaired) electrons. The molecule has 0 heterocycles. The molecular weight excluding hydrogens is 273 g/mol. The van der Waals surface area contributed by atoms with Crippen LogP contribution in [0.15, 0.2) is 0 Å². The van der Waals surface area contributed by atoms with Crippen molar-refractivity contribution in [3.8, 4) is 0 Å². The van der Waals surface area contributed by atoms with Crippen molar-refractivity contribution in [1.82, 2.24) is 5.32 Å². The van der Waals surface area contributed by atoms with Crippen LogP contribution in [0.3, 0.4) is 0 Å². The molecule has 19 heavy (non-hydrogen) atoms. The van der Waals surface area contributed by atoms with Gasteiger partial charge in [0, 0.05) is 0 Å². The zero-order valence-corrected chi connectivity index (χ0v) is 9.37. The van der Waals surface area contributed by atoms with Crippen LogP contribution in [0, 0.1) is 29.1 Å². The van der Waals surface area contributed by atoms with Gasteiger partial charge in [0.2, 0.25) is 5.82 Å². The fourth-order valence-electron chi connectivity index (χ4n) is 1.58. The van der Waals surface area contributed by atoms with Crippen molar-refractivity contribution in [3.63, 3.8) is 0 Å². The summed E-state index contributed by atoms with van der Waals surface area (Å²) in [6.45, 7) is -0.478. The maximum Gasteiger partial charge on any atom is 0.257 e. The highest BCUT2D eigenvalue weighted by molar-refractivity contribution is 5.95. The van der Waals surface area contributed by atoms with Crippen LogP contribution in [-0.4, -0.2) is 23.2 Å². The van der Waals surface area contributed by atoms with Crippen molar-refractivity contribution in [1.29, 1.82) is 0 Å². The van der Waals surface area contributed by atoms with E-state index in [1.807, 2.05) is 0 Å². The number of aliphatic hydroxyl groups is 1.